The third-order valence-corrected chi connectivity index (χ3v) is 3.72. The van der Waals surface area contributed by atoms with Crippen molar-refractivity contribution < 1.29 is 9.53 Å². The molecule has 0 unspecified atom stereocenters. The summed E-state index contributed by atoms with van der Waals surface area (Å²) in [6.07, 6.45) is 1.51. The van der Waals surface area contributed by atoms with Crippen LogP contribution in [0.15, 0.2) is 66.9 Å². The highest BCUT2D eigenvalue weighted by molar-refractivity contribution is 6.31. The van der Waals surface area contributed by atoms with Gasteiger partial charge in [-0.15, -0.1) is 0 Å². The number of rotatable bonds is 5. The Balaban J connectivity index is 1.72. The minimum absolute atomic E-state index is 0.217. The summed E-state index contributed by atoms with van der Waals surface area (Å²) in [5.41, 5.74) is 1.90. The highest BCUT2D eigenvalue weighted by atomic mass is 35.5. The van der Waals surface area contributed by atoms with Gasteiger partial charge in [-0.3, -0.25) is 4.79 Å². The van der Waals surface area contributed by atoms with Crippen LogP contribution in [0.1, 0.15) is 10.4 Å². The zero-order chi connectivity index (χ0) is 17.6. The molecule has 0 bridgehead atoms. The number of hydrogen-bond donors (Lipinski definition) is 2. The molecule has 126 valence electrons. The lowest BCUT2D eigenvalue weighted by atomic mass is 10.2. The molecule has 0 aliphatic rings. The molecule has 0 spiro atoms. The van der Waals surface area contributed by atoms with Crippen LogP contribution in [0.2, 0.25) is 5.02 Å². The summed E-state index contributed by atoms with van der Waals surface area (Å²) >= 11 is 6.01. The second kappa shape index (κ2) is 7.68. The van der Waals surface area contributed by atoms with Gasteiger partial charge in [0.1, 0.15) is 11.6 Å². The molecule has 0 atom stereocenters. The SMILES string of the molecule is COc1ccc(Cl)cc1Nc1ccc(C(=O)Nc2ccccc2)cn1. The smallest absolute Gasteiger partial charge is 0.257 e. The van der Waals surface area contributed by atoms with Gasteiger partial charge in [-0.25, -0.2) is 4.98 Å². The Morgan fingerprint density at radius 1 is 1.08 bits per heavy atom. The summed E-state index contributed by atoms with van der Waals surface area (Å²) in [5, 5.41) is 6.53. The molecule has 25 heavy (non-hydrogen) atoms. The van der Waals surface area contributed by atoms with Gasteiger partial charge in [0.15, 0.2) is 0 Å². The topological polar surface area (TPSA) is 63.2 Å². The van der Waals surface area contributed by atoms with Crippen LogP contribution in [0.5, 0.6) is 5.75 Å². The van der Waals surface area contributed by atoms with E-state index in [0.717, 1.165) is 5.69 Å². The van der Waals surface area contributed by atoms with E-state index in [0.29, 0.717) is 27.8 Å². The molecule has 0 saturated heterocycles. The molecule has 0 radical (unpaired) electrons. The Labute approximate surface area is 150 Å². The van der Waals surface area contributed by atoms with Crippen molar-refractivity contribution in [1.82, 2.24) is 4.98 Å². The maximum atomic E-state index is 12.2. The van der Waals surface area contributed by atoms with E-state index >= 15 is 0 Å². The van der Waals surface area contributed by atoms with Gasteiger partial charge in [-0.1, -0.05) is 29.8 Å². The van der Waals surface area contributed by atoms with Gasteiger partial charge < -0.3 is 15.4 Å². The fourth-order valence-electron chi connectivity index (χ4n) is 2.24. The minimum atomic E-state index is -0.217. The highest BCUT2D eigenvalue weighted by Crippen LogP contribution is 2.29. The predicted molar refractivity (Wildman–Crippen MR) is 99.9 cm³/mol. The number of pyridine rings is 1. The van der Waals surface area contributed by atoms with E-state index < -0.39 is 0 Å². The van der Waals surface area contributed by atoms with E-state index in [1.165, 1.54) is 6.20 Å². The molecule has 3 aromatic rings. The summed E-state index contributed by atoms with van der Waals surface area (Å²) in [7, 11) is 1.58. The molecule has 0 saturated carbocycles. The van der Waals surface area contributed by atoms with Crippen LogP contribution < -0.4 is 15.4 Å². The van der Waals surface area contributed by atoms with Gasteiger partial charge in [0.2, 0.25) is 0 Å². The van der Waals surface area contributed by atoms with Crippen LogP contribution in [0.4, 0.5) is 17.2 Å². The third-order valence-electron chi connectivity index (χ3n) is 3.48. The number of methoxy groups -OCH3 is 1. The van der Waals surface area contributed by atoms with E-state index in [1.807, 2.05) is 30.3 Å². The van der Waals surface area contributed by atoms with Gasteiger partial charge in [-0.2, -0.15) is 0 Å². The number of ether oxygens (including phenoxy) is 1. The number of aromatic nitrogens is 1. The normalized spacial score (nSPS) is 10.2. The minimum Gasteiger partial charge on any atom is -0.495 e. The Morgan fingerprint density at radius 2 is 1.88 bits per heavy atom. The molecule has 0 aliphatic heterocycles. The molecule has 0 aliphatic carbocycles. The van der Waals surface area contributed by atoms with Gasteiger partial charge in [0, 0.05) is 16.9 Å². The molecule has 2 aromatic carbocycles. The van der Waals surface area contributed by atoms with Crippen LogP contribution in [0.25, 0.3) is 0 Å². The Kier molecular flexibility index (Phi) is 5.16. The average Bonchev–Trinajstić information content (AvgIpc) is 2.63. The summed E-state index contributed by atoms with van der Waals surface area (Å²) in [6, 6.07) is 17.9. The number of nitrogens with one attached hydrogen (secondary N) is 2. The van der Waals surface area contributed by atoms with Crippen molar-refractivity contribution in [2.24, 2.45) is 0 Å². The quantitative estimate of drug-likeness (QED) is 0.695. The second-order valence-corrected chi connectivity index (χ2v) is 5.66. The summed E-state index contributed by atoms with van der Waals surface area (Å²) < 4.78 is 5.29. The molecular weight excluding hydrogens is 338 g/mol. The monoisotopic (exact) mass is 353 g/mol. The Morgan fingerprint density at radius 3 is 2.56 bits per heavy atom. The molecule has 1 amide bonds. The highest BCUT2D eigenvalue weighted by Gasteiger charge is 2.08. The maximum Gasteiger partial charge on any atom is 0.257 e. The average molecular weight is 354 g/mol. The Hall–Kier alpha value is -3.05. The van der Waals surface area contributed by atoms with Crippen molar-refractivity contribution in [2.45, 2.75) is 0 Å². The number of hydrogen-bond acceptors (Lipinski definition) is 4. The van der Waals surface area contributed by atoms with E-state index in [4.69, 9.17) is 16.3 Å². The van der Waals surface area contributed by atoms with E-state index in [1.54, 1.807) is 37.4 Å². The lowest BCUT2D eigenvalue weighted by molar-refractivity contribution is 0.102. The van der Waals surface area contributed by atoms with Crippen molar-refractivity contribution in [3.63, 3.8) is 0 Å². The zero-order valence-corrected chi connectivity index (χ0v) is 14.2. The van der Waals surface area contributed by atoms with Gasteiger partial charge in [0.25, 0.3) is 5.91 Å². The number of halogens is 1. The van der Waals surface area contributed by atoms with Crippen molar-refractivity contribution in [3.8, 4) is 5.75 Å². The summed E-state index contributed by atoms with van der Waals surface area (Å²) in [6.45, 7) is 0. The molecule has 5 nitrogen and oxygen atoms in total. The molecule has 6 heteroatoms. The first kappa shape index (κ1) is 16.8. The lowest BCUT2D eigenvalue weighted by Gasteiger charge is -2.11. The fraction of sp³-hybridized carbons (Fsp3) is 0.0526. The lowest BCUT2D eigenvalue weighted by Crippen LogP contribution is -2.12. The molecule has 0 fully saturated rings. The summed E-state index contributed by atoms with van der Waals surface area (Å²) in [5.74, 6) is 1.01. The number of carbonyl (C=O) groups is 1. The van der Waals surface area contributed by atoms with Crippen LogP contribution in [0.3, 0.4) is 0 Å². The fourth-order valence-corrected chi connectivity index (χ4v) is 2.41. The first-order valence-corrected chi connectivity index (χ1v) is 7.96. The van der Waals surface area contributed by atoms with Gasteiger partial charge in [0.05, 0.1) is 18.4 Å². The number of anilines is 3. The van der Waals surface area contributed by atoms with E-state index in [2.05, 4.69) is 15.6 Å². The van der Waals surface area contributed by atoms with E-state index in [-0.39, 0.29) is 5.91 Å². The summed E-state index contributed by atoms with van der Waals surface area (Å²) in [4.78, 5) is 16.5. The maximum absolute atomic E-state index is 12.2. The number of para-hydroxylation sites is 1. The number of amides is 1. The molecule has 2 N–H and O–H groups in total. The first-order valence-electron chi connectivity index (χ1n) is 7.59. The van der Waals surface area contributed by atoms with Crippen molar-refractivity contribution in [1.29, 1.82) is 0 Å². The molecule has 1 heterocycles. The largest absolute Gasteiger partial charge is 0.495 e. The van der Waals surface area contributed by atoms with Crippen LogP contribution in [-0.2, 0) is 0 Å². The Bertz CT molecular complexity index is 868. The zero-order valence-electron chi connectivity index (χ0n) is 13.5. The van der Waals surface area contributed by atoms with Crippen LogP contribution >= 0.6 is 11.6 Å². The van der Waals surface area contributed by atoms with Gasteiger partial charge >= 0.3 is 0 Å². The standard InChI is InChI=1S/C19H16ClN3O2/c1-25-17-9-8-14(20)11-16(17)23-18-10-7-13(12-21-18)19(24)22-15-5-3-2-4-6-15/h2-12H,1H3,(H,21,23)(H,22,24). The second-order valence-electron chi connectivity index (χ2n) is 5.22. The van der Waals surface area contributed by atoms with Crippen LogP contribution in [0, 0.1) is 0 Å². The van der Waals surface area contributed by atoms with Gasteiger partial charge in [-0.05, 0) is 42.5 Å². The molecule has 3 rings (SSSR count). The third kappa shape index (κ3) is 4.28. The number of carbonyl (C=O) groups excluding carboxylic acids is 1. The number of nitrogens with zero attached hydrogens (tertiary/aromatic N) is 1. The molecular formula is C19H16ClN3O2. The predicted octanol–water partition coefficient (Wildman–Crippen LogP) is 4.74. The van der Waals surface area contributed by atoms with Crippen LogP contribution in [-0.4, -0.2) is 18.0 Å². The molecule has 1 aromatic heterocycles. The number of benzene rings is 2. The van der Waals surface area contributed by atoms with Crippen molar-refractivity contribution in [2.75, 3.05) is 17.7 Å². The van der Waals surface area contributed by atoms with Crippen molar-refractivity contribution >= 4 is 34.7 Å². The van der Waals surface area contributed by atoms with E-state index in [9.17, 15) is 4.79 Å². The van der Waals surface area contributed by atoms with Crippen molar-refractivity contribution in [3.05, 3.63) is 77.4 Å². The first-order chi connectivity index (χ1) is 12.2.